The first-order valence-electron chi connectivity index (χ1n) is 8.92. The first-order chi connectivity index (χ1) is 13.7. The van der Waals surface area contributed by atoms with E-state index >= 15 is 0 Å². The number of carbonyl (C=O) groups is 1. The van der Waals surface area contributed by atoms with E-state index in [0.29, 0.717) is 0 Å². The fourth-order valence-corrected chi connectivity index (χ4v) is 3.41. The Balaban J connectivity index is 1.51. The molecule has 4 aromatic rings. The van der Waals surface area contributed by atoms with E-state index in [0.717, 1.165) is 37.3 Å². The Morgan fingerprint density at radius 3 is 2.14 bits per heavy atom. The molecular formula is C23H18BrN3O. The number of anilines is 1. The van der Waals surface area contributed by atoms with Crippen molar-refractivity contribution in [3.05, 3.63) is 88.9 Å². The lowest BCUT2D eigenvalue weighted by Gasteiger charge is -2.08. The van der Waals surface area contributed by atoms with Gasteiger partial charge in [-0.2, -0.15) is 5.10 Å². The highest BCUT2D eigenvalue weighted by Gasteiger charge is 2.06. The molecule has 138 valence electrons. The minimum absolute atomic E-state index is 0.148. The average Bonchev–Trinajstić information content (AvgIpc) is 2.73. The van der Waals surface area contributed by atoms with Crippen molar-refractivity contribution < 1.29 is 4.79 Å². The molecule has 5 heteroatoms. The maximum Gasteiger partial charge on any atom is 0.259 e. The van der Waals surface area contributed by atoms with Crippen LogP contribution < -0.4 is 10.7 Å². The number of amides is 1. The van der Waals surface area contributed by atoms with Crippen LogP contribution in [0.4, 0.5) is 5.69 Å². The summed E-state index contributed by atoms with van der Waals surface area (Å²) in [7, 11) is 0. The summed E-state index contributed by atoms with van der Waals surface area (Å²) in [6.45, 7) is 0.148. The topological polar surface area (TPSA) is 53.5 Å². The smallest absolute Gasteiger partial charge is 0.259 e. The Morgan fingerprint density at radius 1 is 0.893 bits per heavy atom. The number of hydrogen-bond acceptors (Lipinski definition) is 3. The van der Waals surface area contributed by atoms with E-state index in [-0.39, 0.29) is 12.5 Å². The monoisotopic (exact) mass is 431 g/mol. The van der Waals surface area contributed by atoms with Crippen LogP contribution >= 0.6 is 15.9 Å². The zero-order valence-corrected chi connectivity index (χ0v) is 16.6. The normalized spacial score (nSPS) is 11.2. The fourth-order valence-electron chi connectivity index (χ4n) is 3.15. The van der Waals surface area contributed by atoms with Gasteiger partial charge in [-0.3, -0.25) is 4.79 Å². The Hall–Kier alpha value is -3.18. The Labute approximate surface area is 171 Å². The van der Waals surface area contributed by atoms with E-state index in [1.807, 2.05) is 48.5 Å². The van der Waals surface area contributed by atoms with Crippen molar-refractivity contribution >= 4 is 55.3 Å². The van der Waals surface area contributed by atoms with Crippen molar-refractivity contribution in [1.82, 2.24) is 5.43 Å². The summed E-state index contributed by atoms with van der Waals surface area (Å²) in [5, 5.41) is 11.8. The number of halogens is 1. The van der Waals surface area contributed by atoms with Crippen LogP contribution in [0.2, 0.25) is 0 Å². The molecule has 0 fully saturated rings. The van der Waals surface area contributed by atoms with E-state index in [4.69, 9.17) is 0 Å². The molecule has 28 heavy (non-hydrogen) atoms. The molecule has 0 aliphatic heterocycles. The van der Waals surface area contributed by atoms with Crippen LogP contribution in [0, 0.1) is 0 Å². The molecule has 0 heterocycles. The van der Waals surface area contributed by atoms with E-state index in [2.05, 4.69) is 62.1 Å². The number of benzene rings is 4. The summed E-state index contributed by atoms with van der Waals surface area (Å²) in [5.41, 5.74) is 4.47. The number of fused-ring (bicyclic) bond motifs is 2. The van der Waals surface area contributed by atoms with Crippen LogP contribution in [0.1, 0.15) is 5.56 Å². The first-order valence-corrected chi connectivity index (χ1v) is 9.72. The van der Waals surface area contributed by atoms with Gasteiger partial charge in [0.2, 0.25) is 0 Å². The Bertz CT molecular complexity index is 1120. The maximum atomic E-state index is 12.1. The number of hydrogen-bond donors (Lipinski definition) is 2. The van der Waals surface area contributed by atoms with Crippen molar-refractivity contribution in [3.8, 4) is 0 Å². The molecule has 1 amide bonds. The molecule has 0 saturated carbocycles. The SMILES string of the molecule is O=C(CNc1ccc(Br)cc1)N/N=C\c1c2ccccc2cc2ccccc12. The molecule has 0 aromatic heterocycles. The van der Waals surface area contributed by atoms with Gasteiger partial charge in [-0.25, -0.2) is 5.43 Å². The number of rotatable bonds is 5. The predicted octanol–water partition coefficient (Wildman–Crippen LogP) is 5.32. The summed E-state index contributed by atoms with van der Waals surface area (Å²) >= 11 is 3.39. The van der Waals surface area contributed by atoms with Crippen LogP contribution in [0.15, 0.2) is 88.4 Å². The van der Waals surface area contributed by atoms with Gasteiger partial charge >= 0.3 is 0 Å². The number of nitrogens with one attached hydrogen (secondary N) is 2. The minimum atomic E-state index is -0.205. The second kappa shape index (κ2) is 8.23. The minimum Gasteiger partial charge on any atom is -0.376 e. The second-order valence-electron chi connectivity index (χ2n) is 6.39. The molecule has 4 nitrogen and oxygen atoms in total. The van der Waals surface area contributed by atoms with E-state index in [1.54, 1.807) is 6.21 Å². The zero-order chi connectivity index (χ0) is 19.3. The summed E-state index contributed by atoms with van der Waals surface area (Å²) in [6, 6.07) is 26.2. The van der Waals surface area contributed by atoms with Gasteiger partial charge in [0, 0.05) is 15.7 Å². The molecular weight excluding hydrogens is 414 g/mol. The van der Waals surface area contributed by atoms with Crippen molar-refractivity contribution in [2.24, 2.45) is 5.10 Å². The molecule has 0 atom stereocenters. The zero-order valence-electron chi connectivity index (χ0n) is 15.0. The van der Waals surface area contributed by atoms with Crippen LogP contribution in [-0.4, -0.2) is 18.7 Å². The molecule has 0 aliphatic rings. The summed E-state index contributed by atoms with van der Waals surface area (Å²) in [4.78, 5) is 12.1. The van der Waals surface area contributed by atoms with Crippen LogP contribution in [0.5, 0.6) is 0 Å². The van der Waals surface area contributed by atoms with Crippen molar-refractivity contribution in [3.63, 3.8) is 0 Å². The van der Waals surface area contributed by atoms with Crippen molar-refractivity contribution in [2.75, 3.05) is 11.9 Å². The molecule has 4 aromatic carbocycles. The van der Waals surface area contributed by atoms with E-state index < -0.39 is 0 Å². The molecule has 0 unspecified atom stereocenters. The number of carbonyl (C=O) groups excluding carboxylic acids is 1. The van der Waals surface area contributed by atoms with Crippen LogP contribution in [0.3, 0.4) is 0 Å². The van der Waals surface area contributed by atoms with Gasteiger partial charge in [-0.1, -0.05) is 64.5 Å². The standard InChI is InChI=1S/C23H18BrN3O/c24-18-9-11-19(12-10-18)25-15-23(28)27-26-14-22-20-7-3-1-5-16(20)13-17-6-2-4-8-21(17)22/h1-14,25H,15H2,(H,27,28)/b26-14-. The summed E-state index contributed by atoms with van der Waals surface area (Å²) in [5.74, 6) is -0.205. The highest BCUT2D eigenvalue weighted by Crippen LogP contribution is 2.27. The maximum absolute atomic E-state index is 12.1. The predicted molar refractivity (Wildman–Crippen MR) is 120 cm³/mol. The number of nitrogens with zero attached hydrogens (tertiary/aromatic N) is 1. The molecule has 0 bridgehead atoms. The second-order valence-corrected chi connectivity index (χ2v) is 7.30. The van der Waals surface area contributed by atoms with Gasteiger partial charge < -0.3 is 5.32 Å². The van der Waals surface area contributed by atoms with Gasteiger partial charge in [0.25, 0.3) is 5.91 Å². The molecule has 0 saturated heterocycles. The highest BCUT2D eigenvalue weighted by atomic mass is 79.9. The van der Waals surface area contributed by atoms with Gasteiger partial charge in [-0.15, -0.1) is 0 Å². The Kier molecular flexibility index (Phi) is 5.35. The molecule has 0 spiro atoms. The molecule has 4 rings (SSSR count). The fraction of sp³-hybridized carbons (Fsp3) is 0.0435. The summed E-state index contributed by atoms with van der Waals surface area (Å²) < 4.78 is 0.995. The lowest BCUT2D eigenvalue weighted by atomic mass is 9.97. The lowest BCUT2D eigenvalue weighted by molar-refractivity contribution is -0.119. The molecule has 0 aliphatic carbocycles. The largest absolute Gasteiger partial charge is 0.376 e. The Morgan fingerprint density at radius 2 is 1.50 bits per heavy atom. The third-order valence-corrected chi connectivity index (χ3v) is 5.02. The van der Waals surface area contributed by atoms with Gasteiger partial charge in [0.1, 0.15) is 0 Å². The van der Waals surface area contributed by atoms with E-state index in [1.165, 1.54) is 0 Å². The van der Waals surface area contributed by atoms with Crippen LogP contribution in [0.25, 0.3) is 21.5 Å². The third-order valence-electron chi connectivity index (χ3n) is 4.49. The average molecular weight is 432 g/mol. The third kappa shape index (κ3) is 4.05. The van der Waals surface area contributed by atoms with Crippen LogP contribution in [-0.2, 0) is 4.79 Å². The highest BCUT2D eigenvalue weighted by molar-refractivity contribution is 9.10. The molecule has 0 radical (unpaired) electrons. The van der Waals surface area contributed by atoms with Crippen molar-refractivity contribution in [1.29, 1.82) is 0 Å². The molecule has 2 N–H and O–H groups in total. The van der Waals surface area contributed by atoms with Gasteiger partial charge in [-0.05, 0) is 51.9 Å². The number of hydrazone groups is 1. The summed E-state index contributed by atoms with van der Waals surface area (Å²) in [6.07, 6.45) is 1.72. The quantitative estimate of drug-likeness (QED) is 0.255. The van der Waals surface area contributed by atoms with Crippen molar-refractivity contribution in [2.45, 2.75) is 0 Å². The van der Waals surface area contributed by atoms with Gasteiger partial charge in [0.15, 0.2) is 0 Å². The van der Waals surface area contributed by atoms with E-state index in [9.17, 15) is 4.79 Å². The first kappa shape index (κ1) is 18.2. The lowest BCUT2D eigenvalue weighted by Crippen LogP contribution is -2.25. The van der Waals surface area contributed by atoms with Gasteiger partial charge in [0.05, 0.1) is 12.8 Å².